The Morgan fingerprint density at radius 2 is 2.00 bits per heavy atom. The maximum absolute atomic E-state index is 12.7. The number of nitrogen functional groups attached to an aromatic ring is 1. The Kier molecular flexibility index (Phi) is 5.51. The summed E-state index contributed by atoms with van der Waals surface area (Å²) in [5, 5.41) is 12.9. The first kappa shape index (κ1) is 20.4. The molecule has 30 heavy (non-hydrogen) atoms. The molecule has 2 heterocycles. The highest BCUT2D eigenvalue weighted by Gasteiger charge is 2.29. The summed E-state index contributed by atoms with van der Waals surface area (Å²) in [7, 11) is 3.44. The maximum Gasteiger partial charge on any atom is 0.335 e. The van der Waals surface area contributed by atoms with Gasteiger partial charge in [0.05, 0.1) is 16.8 Å². The summed E-state index contributed by atoms with van der Waals surface area (Å²) in [5.74, 6) is -0.694. The maximum atomic E-state index is 12.7. The van der Waals surface area contributed by atoms with Gasteiger partial charge in [-0.2, -0.15) is 0 Å². The molecule has 0 unspecified atom stereocenters. The highest BCUT2D eigenvalue weighted by Crippen LogP contribution is 2.44. The fourth-order valence-corrected chi connectivity index (χ4v) is 4.97. The quantitative estimate of drug-likeness (QED) is 0.637. The molecule has 1 amide bonds. The summed E-state index contributed by atoms with van der Waals surface area (Å²) in [4.78, 5) is 30.4. The van der Waals surface area contributed by atoms with Crippen LogP contribution in [-0.4, -0.2) is 45.5 Å². The number of rotatable bonds is 5. The van der Waals surface area contributed by atoms with Crippen molar-refractivity contribution in [2.45, 2.75) is 44.6 Å². The molecule has 1 aromatic carbocycles. The second-order valence-corrected chi connectivity index (χ2v) is 8.97. The van der Waals surface area contributed by atoms with Crippen LogP contribution in [0.4, 0.5) is 5.13 Å². The molecule has 1 saturated carbocycles. The summed E-state index contributed by atoms with van der Waals surface area (Å²) in [6.07, 6.45) is 5.72. The molecule has 8 heteroatoms. The number of nitrogens with zero attached hydrogens (tertiary/aromatic N) is 3. The Bertz CT molecular complexity index is 1110. The monoisotopic (exact) mass is 426 g/mol. The second kappa shape index (κ2) is 8.10. The molecular weight excluding hydrogens is 400 g/mol. The predicted octanol–water partition coefficient (Wildman–Crippen LogP) is 4.18. The molecule has 7 nitrogen and oxygen atoms in total. The fourth-order valence-electron chi connectivity index (χ4n) is 4.43. The molecule has 1 aliphatic rings. The number of hydrogen-bond donors (Lipinski definition) is 2. The minimum atomic E-state index is -0.984. The zero-order valence-corrected chi connectivity index (χ0v) is 18.0. The van der Waals surface area contributed by atoms with E-state index in [0.717, 1.165) is 35.1 Å². The van der Waals surface area contributed by atoms with Gasteiger partial charge in [0, 0.05) is 24.9 Å². The first-order chi connectivity index (χ1) is 14.4. The Hall–Kier alpha value is -2.87. The Labute approximate surface area is 179 Å². The van der Waals surface area contributed by atoms with Crippen LogP contribution >= 0.6 is 11.3 Å². The van der Waals surface area contributed by atoms with Crippen LogP contribution < -0.4 is 5.73 Å². The van der Waals surface area contributed by atoms with Gasteiger partial charge in [0.1, 0.15) is 12.2 Å². The minimum absolute atomic E-state index is 0.0627. The smallest absolute Gasteiger partial charge is 0.335 e. The Morgan fingerprint density at radius 1 is 1.27 bits per heavy atom. The van der Waals surface area contributed by atoms with Crippen LogP contribution in [0.15, 0.2) is 23.6 Å². The molecule has 3 aromatic rings. The Balaban J connectivity index is 2.03. The van der Waals surface area contributed by atoms with Crippen LogP contribution in [0.3, 0.4) is 0 Å². The van der Waals surface area contributed by atoms with Crippen molar-refractivity contribution in [2.75, 3.05) is 19.8 Å². The van der Waals surface area contributed by atoms with Crippen LogP contribution in [0, 0.1) is 0 Å². The van der Waals surface area contributed by atoms with E-state index in [-0.39, 0.29) is 18.0 Å². The minimum Gasteiger partial charge on any atom is -0.478 e. The molecule has 0 saturated heterocycles. The third-order valence-corrected chi connectivity index (χ3v) is 6.59. The SMILES string of the molecule is CN(C)C(=O)Cn1c(-c2csc(N)n2)c(C2CCCCC2)c2ccc(C(=O)O)cc21. The number of hydrogen-bond acceptors (Lipinski definition) is 5. The number of carboxylic acids is 1. The number of carbonyl (C=O) groups is 2. The number of fused-ring (bicyclic) bond motifs is 1. The van der Waals surface area contributed by atoms with Crippen molar-refractivity contribution in [3.8, 4) is 11.4 Å². The molecule has 3 N–H and O–H groups in total. The summed E-state index contributed by atoms with van der Waals surface area (Å²) in [6, 6.07) is 5.21. The van der Waals surface area contributed by atoms with Crippen molar-refractivity contribution in [3.05, 3.63) is 34.7 Å². The van der Waals surface area contributed by atoms with E-state index in [1.54, 1.807) is 31.1 Å². The van der Waals surface area contributed by atoms with Crippen molar-refractivity contribution in [3.63, 3.8) is 0 Å². The molecule has 0 spiro atoms. The lowest BCUT2D eigenvalue weighted by atomic mass is 9.82. The van der Waals surface area contributed by atoms with Crippen LogP contribution in [0.25, 0.3) is 22.3 Å². The van der Waals surface area contributed by atoms with Gasteiger partial charge >= 0.3 is 5.97 Å². The van der Waals surface area contributed by atoms with Crippen molar-refractivity contribution in [1.29, 1.82) is 0 Å². The molecule has 4 rings (SSSR count). The van der Waals surface area contributed by atoms with E-state index >= 15 is 0 Å². The molecule has 0 aliphatic heterocycles. The van der Waals surface area contributed by atoms with E-state index in [2.05, 4.69) is 4.98 Å². The zero-order valence-electron chi connectivity index (χ0n) is 17.2. The van der Waals surface area contributed by atoms with Crippen LogP contribution in [0.2, 0.25) is 0 Å². The van der Waals surface area contributed by atoms with E-state index in [0.29, 0.717) is 11.0 Å². The summed E-state index contributed by atoms with van der Waals surface area (Å²) < 4.78 is 1.93. The number of amides is 1. The van der Waals surface area contributed by atoms with Gasteiger partial charge in [-0.25, -0.2) is 9.78 Å². The summed E-state index contributed by atoms with van der Waals surface area (Å²) >= 11 is 1.37. The van der Waals surface area contributed by atoms with Crippen molar-refractivity contribution in [2.24, 2.45) is 0 Å². The number of carboxylic acid groups (broad SMARTS) is 1. The molecule has 0 atom stereocenters. The number of nitrogens with two attached hydrogens (primary N) is 1. The third kappa shape index (κ3) is 3.67. The topological polar surface area (TPSA) is 101 Å². The molecule has 0 radical (unpaired) electrons. The third-order valence-electron chi connectivity index (χ3n) is 5.92. The van der Waals surface area contributed by atoms with Gasteiger partial charge in [-0.1, -0.05) is 25.3 Å². The number of aromatic carboxylic acids is 1. The van der Waals surface area contributed by atoms with Crippen molar-refractivity contribution >= 4 is 39.2 Å². The average molecular weight is 427 g/mol. The number of aromatic nitrogens is 2. The van der Waals surface area contributed by atoms with Gasteiger partial charge in [-0.15, -0.1) is 11.3 Å². The van der Waals surface area contributed by atoms with Gasteiger partial charge in [0.15, 0.2) is 5.13 Å². The van der Waals surface area contributed by atoms with Crippen LogP contribution in [-0.2, 0) is 11.3 Å². The average Bonchev–Trinajstić information content (AvgIpc) is 3.29. The van der Waals surface area contributed by atoms with E-state index in [1.807, 2.05) is 16.0 Å². The fraction of sp³-hybridized carbons (Fsp3) is 0.409. The van der Waals surface area contributed by atoms with E-state index in [1.165, 1.54) is 36.2 Å². The van der Waals surface area contributed by atoms with Gasteiger partial charge < -0.3 is 20.3 Å². The predicted molar refractivity (Wildman–Crippen MR) is 119 cm³/mol. The molecule has 158 valence electrons. The lowest BCUT2D eigenvalue weighted by Crippen LogP contribution is -2.26. The largest absolute Gasteiger partial charge is 0.478 e. The summed E-state index contributed by atoms with van der Waals surface area (Å²) in [5.41, 5.74) is 9.72. The number of thiazole rings is 1. The lowest BCUT2D eigenvalue weighted by molar-refractivity contribution is -0.129. The molecule has 0 bridgehead atoms. The summed E-state index contributed by atoms with van der Waals surface area (Å²) in [6.45, 7) is 0.117. The lowest BCUT2D eigenvalue weighted by Gasteiger charge is -2.23. The normalized spacial score (nSPS) is 14.9. The van der Waals surface area contributed by atoms with Crippen LogP contribution in [0.5, 0.6) is 0 Å². The number of anilines is 1. The van der Waals surface area contributed by atoms with E-state index in [4.69, 9.17) is 5.73 Å². The number of benzene rings is 1. The highest BCUT2D eigenvalue weighted by molar-refractivity contribution is 7.13. The Morgan fingerprint density at radius 3 is 2.60 bits per heavy atom. The first-order valence-electron chi connectivity index (χ1n) is 10.2. The zero-order chi connectivity index (χ0) is 21.4. The van der Waals surface area contributed by atoms with E-state index < -0.39 is 5.97 Å². The van der Waals surface area contributed by atoms with E-state index in [9.17, 15) is 14.7 Å². The first-order valence-corrected chi connectivity index (χ1v) is 11.1. The number of likely N-dealkylation sites (N-methyl/N-ethyl adjacent to an activating group) is 1. The van der Waals surface area contributed by atoms with Crippen LogP contribution in [0.1, 0.15) is 53.9 Å². The van der Waals surface area contributed by atoms with Gasteiger partial charge in [-0.05, 0) is 36.5 Å². The second-order valence-electron chi connectivity index (χ2n) is 8.08. The van der Waals surface area contributed by atoms with Crippen molar-refractivity contribution < 1.29 is 14.7 Å². The van der Waals surface area contributed by atoms with Gasteiger partial charge in [-0.3, -0.25) is 4.79 Å². The number of carbonyl (C=O) groups excluding carboxylic acids is 1. The van der Waals surface area contributed by atoms with Crippen molar-refractivity contribution in [1.82, 2.24) is 14.5 Å². The molecule has 1 aliphatic carbocycles. The standard InChI is InChI=1S/C22H26N4O3S/c1-25(2)18(27)11-26-17-10-14(21(28)29)8-9-15(17)19(13-6-4-3-5-7-13)20(26)16-12-30-22(23)24-16/h8-10,12-13H,3-7,11H2,1-2H3,(H2,23,24)(H,28,29). The highest BCUT2D eigenvalue weighted by atomic mass is 32.1. The molecule has 2 aromatic heterocycles. The van der Waals surface area contributed by atoms with Gasteiger partial charge in [0.2, 0.25) is 5.91 Å². The van der Waals surface area contributed by atoms with Gasteiger partial charge in [0.25, 0.3) is 0 Å². The molecule has 1 fully saturated rings. The molecular formula is C22H26N4O3S.